The molecule has 6 heteroatoms. The van der Waals surface area contributed by atoms with Gasteiger partial charge in [-0.15, -0.1) is 0 Å². The minimum Gasteiger partial charge on any atom is -0.462 e. The second kappa shape index (κ2) is 69.0. The number of carbonyl (C=O) groups excluding carboxylic acids is 3. The van der Waals surface area contributed by atoms with Gasteiger partial charge in [0.1, 0.15) is 13.2 Å². The Kier molecular flexibility index (Phi) is 64.4. The van der Waals surface area contributed by atoms with E-state index in [1.165, 1.54) is 77.0 Å². The van der Waals surface area contributed by atoms with Gasteiger partial charge in [0.05, 0.1) is 0 Å². The number of hydrogen-bond donors (Lipinski definition) is 0. The monoisotopic (exact) mass is 1140 g/mol. The fraction of sp³-hybridized carbons (Fsp3) is 0.571. The van der Waals surface area contributed by atoms with Crippen molar-refractivity contribution >= 4 is 17.9 Å². The molecule has 0 bridgehead atoms. The molecule has 0 fully saturated rings. The number of unbranched alkanes of at least 4 members (excludes halogenated alkanes) is 17. The molecule has 0 radical (unpaired) electrons. The molecule has 1 atom stereocenters. The average molecular weight is 1140 g/mol. The van der Waals surface area contributed by atoms with Crippen molar-refractivity contribution < 1.29 is 28.6 Å². The molecule has 464 valence electrons. The summed E-state index contributed by atoms with van der Waals surface area (Å²) in [5, 5.41) is 0. The van der Waals surface area contributed by atoms with E-state index in [1.807, 2.05) is 0 Å². The van der Waals surface area contributed by atoms with Crippen LogP contribution in [0.3, 0.4) is 0 Å². The fourth-order valence-corrected chi connectivity index (χ4v) is 8.46. The molecule has 0 aromatic carbocycles. The minimum absolute atomic E-state index is 0.122. The van der Waals surface area contributed by atoms with Gasteiger partial charge in [0.25, 0.3) is 0 Å². The third-order valence-electron chi connectivity index (χ3n) is 13.4. The molecule has 0 heterocycles. The number of hydrogen-bond acceptors (Lipinski definition) is 6. The van der Waals surface area contributed by atoms with Crippen LogP contribution in [0.1, 0.15) is 265 Å². The lowest BCUT2D eigenvalue weighted by molar-refractivity contribution is -0.167. The van der Waals surface area contributed by atoms with Crippen LogP contribution in [0.25, 0.3) is 0 Å². The van der Waals surface area contributed by atoms with Crippen molar-refractivity contribution in [1.29, 1.82) is 0 Å². The summed E-state index contributed by atoms with van der Waals surface area (Å²) in [5.74, 6) is -1.02. The van der Waals surface area contributed by atoms with Crippen molar-refractivity contribution in [2.24, 2.45) is 0 Å². The number of carbonyl (C=O) groups is 3. The molecule has 6 nitrogen and oxygen atoms in total. The molecule has 0 aliphatic heterocycles. The van der Waals surface area contributed by atoms with Crippen LogP contribution in [-0.4, -0.2) is 37.2 Å². The summed E-state index contributed by atoms with van der Waals surface area (Å²) in [4.78, 5) is 38.3. The molecule has 0 aliphatic carbocycles. The van der Waals surface area contributed by atoms with E-state index in [1.54, 1.807) is 0 Å². The Hall–Kier alpha value is -5.49. The van der Waals surface area contributed by atoms with Gasteiger partial charge >= 0.3 is 17.9 Å². The Balaban J connectivity index is 4.50. The Morgan fingerprint density at radius 2 is 0.482 bits per heavy atom. The highest BCUT2D eigenvalue weighted by Gasteiger charge is 2.19. The van der Waals surface area contributed by atoms with Gasteiger partial charge in [-0.1, -0.05) is 274 Å². The topological polar surface area (TPSA) is 78.9 Å². The van der Waals surface area contributed by atoms with E-state index in [0.717, 1.165) is 141 Å². The fourth-order valence-electron chi connectivity index (χ4n) is 8.46. The minimum atomic E-state index is -0.835. The van der Waals surface area contributed by atoms with E-state index in [2.05, 4.69) is 203 Å². The van der Waals surface area contributed by atoms with Gasteiger partial charge in [-0.3, -0.25) is 14.4 Å². The van der Waals surface area contributed by atoms with Gasteiger partial charge in [0.2, 0.25) is 0 Å². The van der Waals surface area contributed by atoms with E-state index in [0.29, 0.717) is 19.3 Å². The Morgan fingerprint density at radius 1 is 0.253 bits per heavy atom. The summed E-state index contributed by atoms with van der Waals surface area (Å²) in [5.41, 5.74) is 0. The normalized spacial score (nSPS) is 13.3. The van der Waals surface area contributed by atoms with Gasteiger partial charge < -0.3 is 14.2 Å². The zero-order chi connectivity index (χ0) is 59.9. The highest BCUT2D eigenvalue weighted by Crippen LogP contribution is 2.14. The summed E-state index contributed by atoms with van der Waals surface area (Å²) in [6.45, 7) is 6.32. The number of esters is 3. The van der Waals surface area contributed by atoms with Crippen LogP contribution in [0.2, 0.25) is 0 Å². The lowest BCUT2D eigenvalue weighted by Gasteiger charge is -2.18. The molecule has 0 spiro atoms. The second-order valence-corrected chi connectivity index (χ2v) is 21.3. The first-order valence-corrected chi connectivity index (χ1v) is 33.3. The van der Waals surface area contributed by atoms with Crippen LogP contribution >= 0.6 is 0 Å². The Morgan fingerprint density at radius 3 is 0.795 bits per heavy atom. The lowest BCUT2D eigenvalue weighted by Crippen LogP contribution is -2.30. The summed E-state index contributed by atoms with van der Waals surface area (Å²) < 4.78 is 16.8. The predicted molar refractivity (Wildman–Crippen MR) is 361 cm³/mol. The average Bonchev–Trinajstić information content (AvgIpc) is 3.49. The Labute approximate surface area is 510 Å². The zero-order valence-corrected chi connectivity index (χ0v) is 53.1. The van der Waals surface area contributed by atoms with Crippen molar-refractivity contribution in [2.75, 3.05) is 13.2 Å². The maximum atomic E-state index is 12.9. The lowest BCUT2D eigenvalue weighted by atomic mass is 10.1. The predicted octanol–water partition coefficient (Wildman–Crippen LogP) is 23.2. The molecule has 83 heavy (non-hydrogen) atoms. The first-order valence-electron chi connectivity index (χ1n) is 33.3. The van der Waals surface area contributed by atoms with E-state index in [-0.39, 0.29) is 37.5 Å². The first kappa shape index (κ1) is 77.5. The SMILES string of the molecule is CC/C=C\C/C=C\C/C=C\C/C=C\C/C=C\C/C=C\C/C=C\C/C=C\C/C=C\CCCCCC(=O)OCC(COC(=O)CCCCCCCCC/C=C\CCCCCCCC)OC(=O)CCC/C=C\C/C=C\C/C=C\C/C=C\C/C=C\CC. The third-order valence-corrected chi connectivity index (χ3v) is 13.4. The summed E-state index contributed by atoms with van der Waals surface area (Å²) in [6, 6.07) is 0. The summed E-state index contributed by atoms with van der Waals surface area (Å²) >= 11 is 0. The molecule has 0 saturated carbocycles. The molecule has 0 aliphatic rings. The van der Waals surface area contributed by atoms with Crippen molar-refractivity contribution in [2.45, 2.75) is 271 Å². The van der Waals surface area contributed by atoms with Crippen molar-refractivity contribution in [3.8, 4) is 0 Å². The number of allylic oxidation sites excluding steroid dienone is 30. The largest absolute Gasteiger partial charge is 0.462 e. The van der Waals surface area contributed by atoms with E-state index < -0.39 is 6.10 Å². The van der Waals surface area contributed by atoms with Gasteiger partial charge in [0.15, 0.2) is 6.10 Å². The second-order valence-electron chi connectivity index (χ2n) is 21.3. The molecule has 0 rings (SSSR count). The van der Waals surface area contributed by atoms with Crippen molar-refractivity contribution in [3.63, 3.8) is 0 Å². The van der Waals surface area contributed by atoms with Gasteiger partial charge in [-0.25, -0.2) is 0 Å². The molecule has 0 saturated heterocycles. The van der Waals surface area contributed by atoms with E-state index >= 15 is 0 Å². The quantitative estimate of drug-likeness (QED) is 0.0261. The molecule has 0 N–H and O–H groups in total. The van der Waals surface area contributed by atoms with Crippen LogP contribution in [0.15, 0.2) is 182 Å². The van der Waals surface area contributed by atoms with Gasteiger partial charge in [-0.05, 0) is 154 Å². The maximum absolute atomic E-state index is 12.9. The molecule has 0 amide bonds. The third kappa shape index (κ3) is 67.2. The van der Waals surface area contributed by atoms with Crippen LogP contribution in [-0.2, 0) is 28.6 Å². The van der Waals surface area contributed by atoms with Crippen molar-refractivity contribution in [1.82, 2.24) is 0 Å². The van der Waals surface area contributed by atoms with Crippen LogP contribution in [0.4, 0.5) is 0 Å². The first-order chi connectivity index (χ1) is 41.0. The summed E-state index contributed by atoms with van der Waals surface area (Å²) in [7, 11) is 0. The van der Waals surface area contributed by atoms with Crippen LogP contribution in [0, 0.1) is 0 Å². The molecule has 0 aromatic heterocycles. The molecular formula is C77H120O6. The number of ether oxygens (including phenoxy) is 3. The Bertz CT molecular complexity index is 1940. The molecule has 0 aromatic rings. The van der Waals surface area contributed by atoms with Crippen LogP contribution in [0.5, 0.6) is 0 Å². The van der Waals surface area contributed by atoms with Gasteiger partial charge in [-0.2, -0.15) is 0 Å². The molecule has 1 unspecified atom stereocenters. The van der Waals surface area contributed by atoms with E-state index in [9.17, 15) is 14.4 Å². The smallest absolute Gasteiger partial charge is 0.306 e. The van der Waals surface area contributed by atoms with Crippen molar-refractivity contribution in [3.05, 3.63) is 182 Å². The standard InChI is InChI=1S/C77H120O6/c1-4-7-10-13-16-19-22-25-28-31-32-33-34-35-36-37-38-39-40-41-42-43-44-47-49-52-55-58-61-64-67-70-76(79)82-73-74(83-77(80)71-68-65-62-59-56-53-50-46-30-27-24-21-18-15-12-9-6-3)72-81-75(78)69-66-63-60-57-54-51-48-45-29-26-23-20-17-14-11-8-5-2/h7,9-10,12,16,18-19,21,25-30,32-33,35-36,38-39,41-42,44,47,50,52-53,55,59,62,74H,4-6,8,11,13-15,17,20,22-24,31,34,37,40,43,45-46,48-49,51,54,56-58,60-61,63-73H2,1-3H3/b10-7-,12-9-,19-16-,21-18-,28-25-,29-26-,30-27-,33-32-,36-35-,39-38-,42-41-,47-44-,53-50-,55-52-,62-59-. The van der Waals surface area contributed by atoms with Gasteiger partial charge in [0, 0.05) is 19.3 Å². The summed E-state index contributed by atoms with van der Waals surface area (Å²) in [6.07, 6.45) is 103. The van der Waals surface area contributed by atoms with E-state index in [4.69, 9.17) is 14.2 Å². The van der Waals surface area contributed by atoms with Crippen LogP contribution < -0.4 is 0 Å². The number of rotatable bonds is 58. The maximum Gasteiger partial charge on any atom is 0.306 e. The highest BCUT2D eigenvalue weighted by atomic mass is 16.6. The zero-order valence-electron chi connectivity index (χ0n) is 53.1. The highest BCUT2D eigenvalue weighted by molar-refractivity contribution is 5.71. The molecular weight excluding hydrogens is 1020 g/mol.